The van der Waals surface area contributed by atoms with Crippen molar-refractivity contribution in [2.24, 2.45) is 0 Å². The fourth-order valence-electron chi connectivity index (χ4n) is 1.42. The summed E-state index contributed by atoms with van der Waals surface area (Å²) in [5, 5.41) is 2.78. The summed E-state index contributed by atoms with van der Waals surface area (Å²) in [6, 6.07) is 5.60. The molecule has 0 atom stereocenters. The van der Waals surface area contributed by atoms with E-state index in [0.29, 0.717) is 5.56 Å². The molecule has 1 aromatic heterocycles. The van der Waals surface area contributed by atoms with E-state index in [9.17, 15) is 13.2 Å². The molecule has 0 fully saturated rings. The normalized spacial score (nSPS) is 11.3. The van der Waals surface area contributed by atoms with Gasteiger partial charge in [0.2, 0.25) is 0 Å². The van der Waals surface area contributed by atoms with Gasteiger partial charge in [-0.1, -0.05) is 11.6 Å². The number of sulfone groups is 1. The molecule has 100 valence electrons. The summed E-state index contributed by atoms with van der Waals surface area (Å²) in [6.07, 6.45) is 3.73. The minimum absolute atomic E-state index is 0.0828. The highest BCUT2D eigenvalue weighted by Gasteiger charge is 2.13. The van der Waals surface area contributed by atoms with Crippen LogP contribution in [0.3, 0.4) is 0 Å². The first kappa shape index (κ1) is 13.6. The summed E-state index contributed by atoms with van der Waals surface area (Å²) in [6.45, 7) is 0. The number of rotatable bonds is 3. The van der Waals surface area contributed by atoms with Gasteiger partial charge in [-0.2, -0.15) is 0 Å². The molecule has 2 aromatic rings. The average Bonchev–Trinajstić information content (AvgIpc) is 2.84. The van der Waals surface area contributed by atoms with Gasteiger partial charge in [0.1, 0.15) is 6.26 Å². The van der Waals surface area contributed by atoms with Crippen molar-refractivity contribution < 1.29 is 17.6 Å². The van der Waals surface area contributed by atoms with Gasteiger partial charge in [0.15, 0.2) is 9.84 Å². The molecule has 2 rings (SSSR count). The Labute approximate surface area is 115 Å². The molecular weight excluding hydrogens is 290 g/mol. The van der Waals surface area contributed by atoms with E-state index in [2.05, 4.69) is 5.32 Å². The van der Waals surface area contributed by atoms with E-state index >= 15 is 0 Å². The molecular formula is C12H10ClNO4S. The van der Waals surface area contributed by atoms with Crippen molar-refractivity contribution in [3.05, 3.63) is 47.4 Å². The van der Waals surface area contributed by atoms with Crippen molar-refractivity contribution in [2.45, 2.75) is 4.90 Å². The number of halogens is 1. The molecule has 0 saturated heterocycles. The van der Waals surface area contributed by atoms with Gasteiger partial charge in [-0.15, -0.1) is 0 Å². The van der Waals surface area contributed by atoms with Crippen LogP contribution in [0, 0.1) is 0 Å². The van der Waals surface area contributed by atoms with Gasteiger partial charge < -0.3 is 9.73 Å². The maximum Gasteiger partial charge on any atom is 0.258 e. The lowest BCUT2D eigenvalue weighted by molar-refractivity contribution is 0.102. The molecule has 0 aliphatic heterocycles. The van der Waals surface area contributed by atoms with Crippen LogP contribution in [0.4, 0.5) is 5.69 Å². The highest BCUT2D eigenvalue weighted by molar-refractivity contribution is 7.90. The standard InChI is InChI=1S/C12H10ClNO4S/c1-19(16,17)9-2-3-10(13)11(6-9)14-12(15)8-4-5-18-7-8/h2-7H,1H3,(H,14,15). The third-order valence-corrected chi connectivity index (χ3v) is 3.84. The van der Waals surface area contributed by atoms with Crippen molar-refractivity contribution in [3.63, 3.8) is 0 Å². The summed E-state index contributed by atoms with van der Waals surface area (Å²) in [7, 11) is -3.36. The SMILES string of the molecule is CS(=O)(=O)c1ccc(Cl)c(NC(=O)c2ccoc2)c1. The first-order valence-electron chi connectivity index (χ1n) is 5.21. The molecule has 1 N–H and O–H groups in total. The number of hydrogen-bond donors (Lipinski definition) is 1. The lowest BCUT2D eigenvalue weighted by Crippen LogP contribution is -2.11. The van der Waals surface area contributed by atoms with Crippen LogP contribution in [0.5, 0.6) is 0 Å². The first-order valence-corrected chi connectivity index (χ1v) is 7.48. The van der Waals surface area contributed by atoms with Gasteiger partial charge in [0, 0.05) is 6.26 Å². The monoisotopic (exact) mass is 299 g/mol. The van der Waals surface area contributed by atoms with Crippen molar-refractivity contribution in [3.8, 4) is 0 Å². The highest BCUT2D eigenvalue weighted by Crippen LogP contribution is 2.25. The number of hydrogen-bond acceptors (Lipinski definition) is 4. The second-order valence-corrected chi connectivity index (χ2v) is 6.30. The van der Waals surface area contributed by atoms with Crippen molar-refractivity contribution >= 4 is 33.0 Å². The van der Waals surface area contributed by atoms with Gasteiger partial charge >= 0.3 is 0 Å². The molecule has 1 aromatic carbocycles. The minimum Gasteiger partial charge on any atom is -0.472 e. The number of carbonyl (C=O) groups excluding carboxylic acids is 1. The second-order valence-electron chi connectivity index (χ2n) is 3.88. The summed E-state index contributed by atoms with van der Waals surface area (Å²) >= 11 is 5.92. The average molecular weight is 300 g/mol. The van der Waals surface area contributed by atoms with Crippen LogP contribution in [0.1, 0.15) is 10.4 Å². The van der Waals surface area contributed by atoms with Gasteiger partial charge in [-0.05, 0) is 24.3 Å². The number of carbonyl (C=O) groups is 1. The van der Waals surface area contributed by atoms with E-state index in [0.717, 1.165) is 6.26 Å². The minimum atomic E-state index is -3.36. The van der Waals surface area contributed by atoms with E-state index in [1.807, 2.05) is 0 Å². The number of furan rings is 1. The smallest absolute Gasteiger partial charge is 0.258 e. The van der Waals surface area contributed by atoms with Gasteiger partial charge in [0.25, 0.3) is 5.91 Å². The first-order chi connectivity index (χ1) is 8.88. The molecule has 1 amide bonds. The topological polar surface area (TPSA) is 76.4 Å². The predicted octanol–water partition coefficient (Wildman–Crippen LogP) is 2.59. The maximum atomic E-state index is 11.8. The largest absolute Gasteiger partial charge is 0.472 e. The van der Waals surface area contributed by atoms with Crippen LogP contribution in [0.15, 0.2) is 46.1 Å². The quantitative estimate of drug-likeness (QED) is 0.945. The number of amides is 1. The fraction of sp³-hybridized carbons (Fsp3) is 0.0833. The van der Waals surface area contributed by atoms with Crippen molar-refractivity contribution in [2.75, 3.05) is 11.6 Å². The Kier molecular flexibility index (Phi) is 3.64. The lowest BCUT2D eigenvalue weighted by Gasteiger charge is -2.07. The zero-order valence-corrected chi connectivity index (χ0v) is 11.5. The molecule has 0 bridgehead atoms. The summed E-state index contributed by atoms with van der Waals surface area (Å²) in [5.74, 6) is -0.429. The van der Waals surface area contributed by atoms with Crippen LogP contribution in [-0.2, 0) is 9.84 Å². The third-order valence-electron chi connectivity index (χ3n) is 2.40. The molecule has 5 nitrogen and oxygen atoms in total. The van der Waals surface area contributed by atoms with E-state index < -0.39 is 15.7 Å². The van der Waals surface area contributed by atoms with Crippen LogP contribution in [-0.4, -0.2) is 20.6 Å². The van der Waals surface area contributed by atoms with Gasteiger partial charge in [-0.25, -0.2) is 8.42 Å². The molecule has 19 heavy (non-hydrogen) atoms. The number of benzene rings is 1. The second kappa shape index (κ2) is 5.07. The van der Waals surface area contributed by atoms with Crippen molar-refractivity contribution in [1.29, 1.82) is 0 Å². The van der Waals surface area contributed by atoms with Crippen LogP contribution in [0.2, 0.25) is 5.02 Å². The van der Waals surface area contributed by atoms with Crippen molar-refractivity contribution in [1.82, 2.24) is 0 Å². The molecule has 0 unspecified atom stereocenters. The Morgan fingerprint density at radius 2 is 2.05 bits per heavy atom. The third kappa shape index (κ3) is 3.15. The Hall–Kier alpha value is -1.79. The zero-order valence-electron chi connectivity index (χ0n) is 9.88. The summed E-state index contributed by atoms with van der Waals surface area (Å²) in [4.78, 5) is 11.9. The van der Waals surface area contributed by atoms with Crippen LogP contribution in [0.25, 0.3) is 0 Å². The Bertz CT molecular complexity index is 707. The predicted molar refractivity (Wildman–Crippen MR) is 71.2 cm³/mol. The van der Waals surface area contributed by atoms with Gasteiger partial charge in [0.05, 0.1) is 27.4 Å². The molecule has 0 aliphatic carbocycles. The Balaban J connectivity index is 2.32. The molecule has 7 heteroatoms. The zero-order chi connectivity index (χ0) is 14.0. The van der Waals surface area contributed by atoms with E-state index in [4.69, 9.17) is 16.0 Å². The van der Waals surface area contributed by atoms with E-state index in [-0.39, 0.29) is 15.6 Å². The van der Waals surface area contributed by atoms with Crippen LogP contribution >= 0.6 is 11.6 Å². The van der Waals surface area contributed by atoms with E-state index in [1.54, 1.807) is 0 Å². The highest BCUT2D eigenvalue weighted by atomic mass is 35.5. The number of nitrogens with one attached hydrogen (secondary N) is 1. The molecule has 0 spiro atoms. The number of anilines is 1. The maximum absolute atomic E-state index is 11.8. The molecule has 0 aliphatic rings. The van der Waals surface area contributed by atoms with Crippen LogP contribution < -0.4 is 5.32 Å². The Morgan fingerprint density at radius 1 is 1.32 bits per heavy atom. The Morgan fingerprint density at radius 3 is 2.63 bits per heavy atom. The summed E-state index contributed by atoms with van der Waals surface area (Å²) in [5.41, 5.74) is 0.552. The molecule has 0 saturated carbocycles. The van der Waals surface area contributed by atoms with Gasteiger partial charge in [-0.3, -0.25) is 4.79 Å². The van der Waals surface area contributed by atoms with E-state index in [1.165, 1.54) is 36.8 Å². The molecule has 0 radical (unpaired) electrons. The lowest BCUT2D eigenvalue weighted by atomic mass is 10.3. The summed E-state index contributed by atoms with van der Waals surface area (Å²) < 4.78 is 27.7. The fourth-order valence-corrected chi connectivity index (χ4v) is 2.23. The molecule has 1 heterocycles.